The first-order chi connectivity index (χ1) is 10.6. The number of carbonyl (C=O) groups is 4. The molecule has 0 aromatic rings. The van der Waals surface area contributed by atoms with Gasteiger partial charge in [0.15, 0.2) is 5.78 Å². The Morgan fingerprint density at radius 2 is 1.78 bits per heavy atom. The molecule has 0 aliphatic carbocycles. The fourth-order valence-electron chi connectivity index (χ4n) is 1.42. The Morgan fingerprint density at radius 3 is 2.26 bits per heavy atom. The molecule has 0 aliphatic heterocycles. The van der Waals surface area contributed by atoms with Crippen LogP contribution in [0.25, 0.3) is 0 Å². The molecule has 5 N–H and O–H groups in total. The minimum Gasteiger partial charge on any atom is -0.750 e. The summed E-state index contributed by atoms with van der Waals surface area (Å²) in [5, 5.41) is 19.2. The molecular formula is C11H17N2O9S-. The minimum atomic E-state index is -2.92. The predicted molar refractivity (Wildman–Crippen MR) is 73.5 cm³/mol. The number of aliphatic carboxylic acids is 2. The summed E-state index contributed by atoms with van der Waals surface area (Å²) in [7, 11) is 0. The molecule has 1 amide bonds. The van der Waals surface area contributed by atoms with Crippen LogP contribution in [0.4, 0.5) is 0 Å². The van der Waals surface area contributed by atoms with Gasteiger partial charge >= 0.3 is 11.9 Å². The Balaban J connectivity index is 4.57. The SMILES string of the molecule is NC(CCC(=O)NC(COS(=O)[O-])C(=O)CCC(=O)O)C(=O)O. The molecule has 0 saturated carbocycles. The van der Waals surface area contributed by atoms with Crippen LogP contribution in [0.3, 0.4) is 0 Å². The number of nitrogens with two attached hydrogens (primary N) is 1. The van der Waals surface area contributed by atoms with Crippen LogP contribution >= 0.6 is 0 Å². The molecule has 0 aromatic carbocycles. The molecule has 0 heterocycles. The first kappa shape index (κ1) is 21.1. The number of carboxylic acid groups (broad SMARTS) is 2. The quantitative estimate of drug-likeness (QED) is 0.282. The largest absolute Gasteiger partial charge is 0.750 e. The first-order valence-corrected chi connectivity index (χ1v) is 7.38. The van der Waals surface area contributed by atoms with Crippen LogP contribution in [0.5, 0.6) is 0 Å². The number of nitrogens with one attached hydrogen (secondary N) is 1. The highest BCUT2D eigenvalue weighted by molar-refractivity contribution is 7.74. The molecule has 11 nitrogen and oxygen atoms in total. The van der Waals surface area contributed by atoms with Gasteiger partial charge in [0.05, 0.1) is 24.4 Å². The molecule has 12 heteroatoms. The smallest absolute Gasteiger partial charge is 0.320 e. The van der Waals surface area contributed by atoms with E-state index in [-0.39, 0.29) is 12.8 Å². The lowest BCUT2D eigenvalue weighted by Crippen LogP contribution is -2.45. The molecule has 3 atom stereocenters. The van der Waals surface area contributed by atoms with E-state index in [1.165, 1.54) is 0 Å². The molecule has 0 fully saturated rings. The zero-order chi connectivity index (χ0) is 18.0. The maximum Gasteiger partial charge on any atom is 0.320 e. The summed E-state index contributed by atoms with van der Waals surface area (Å²) in [6.07, 6.45) is -1.42. The summed E-state index contributed by atoms with van der Waals surface area (Å²) in [6, 6.07) is -2.62. The highest BCUT2D eigenvalue weighted by Crippen LogP contribution is 2.01. The summed E-state index contributed by atoms with van der Waals surface area (Å²) < 4.78 is 24.9. The number of hydrogen-bond donors (Lipinski definition) is 4. The molecule has 0 spiro atoms. The van der Waals surface area contributed by atoms with Crippen molar-refractivity contribution in [1.82, 2.24) is 5.32 Å². The molecular weight excluding hydrogens is 336 g/mol. The van der Waals surface area contributed by atoms with Crippen LogP contribution in [0.15, 0.2) is 0 Å². The zero-order valence-electron chi connectivity index (χ0n) is 11.9. The van der Waals surface area contributed by atoms with Crippen LogP contribution < -0.4 is 11.1 Å². The van der Waals surface area contributed by atoms with Crippen LogP contribution in [-0.2, 0) is 34.7 Å². The highest BCUT2D eigenvalue weighted by Gasteiger charge is 2.22. The molecule has 0 bridgehead atoms. The summed E-state index contributed by atoms with van der Waals surface area (Å²) in [5.41, 5.74) is 5.22. The van der Waals surface area contributed by atoms with Gasteiger partial charge in [0.25, 0.3) is 0 Å². The van der Waals surface area contributed by atoms with Crippen molar-refractivity contribution < 1.29 is 42.3 Å². The third-order valence-corrected chi connectivity index (χ3v) is 2.97. The van der Waals surface area contributed by atoms with Crippen LogP contribution in [0.1, 0.15) is 25.7 Å². The number of carboxylic acids is 2. The number of carbonyl (C=O) groups excluding carboxylic acids is 2. The minimum absolute atomic E-state index is 0.189. The molecule has 0 saturated heterocycles. The first-order valence-electron chi connectivity index (χ1n) is 6.38. The van der Waals surface area contributed by atoms with Gasteiger partial charge in [-0.25, -0.2) is 4.21 Å². The van der Waals surface area contributed by atoms with Gasteiger partial charge in [0.2, 0.25) is 5.91 Å². The van der Waals surface area contributed by atoms with Crippen molar-refractivity contribution in [2.45, 2.75) is 37.8 Å². The number of ketones is 1. The molecule has 0 radical (unpaired) electrons. The van der Waals surface area contributed by atoms with Crippen molar-refractivity contribution in [2.24, 2.45) is 5.73 Å². The van der Waals surface area contributed by atoms with E-state index >= 15 is 0 Å². The highest BCUT2D eigenvalue weighted by atomic mass is 32.2. The Hall–Kier alpha value is -1.89. The molecule has 0 aliphatic rings. The van der Waals surface area contributed by atoms with Crippen molar-refractivity contribution in [3.05, 3.63) is 0 Å². The van der Waals surface area contributed by atoms with Gasteiger partial charge in [-0.1, -0.05) is 0 Å². The van der Waals surface area contributed by atoms with E-state index < -0.39 is 66.5 Å². The molecule has 132 valence electrons. The van der Waals surface area contributed by atoms with Gasteiger partial charge < -0.3 is 25.8 Å². The van der Waals surface area contributed by atoms with Crippen molar-refractivity contribution in [2.75, 3.05) is 6.61 Å². The average molecular weight is 353 g/mol. The van der Waals surface area contributed by atoms with Crippen molar-refractivity contribution in [3.8, 4) is 0 Å². The lowest BCUT2D eigenvalue weighted by atomic mass is 10.1. The van der Waals surface area contributed by atoms with E-state index in [0.717, 1.165) is 0 Å². The second kappa shape index (κ2) is 10.8. The maximum atomic E-state index is 11.8. The van der Waals surface area contributed by atoms with Crippen LogP contribution in [-0.4, -0.2) is 61.3 Å². The standard InChI is InChI=1S/C11H18N2O9S/c12-6(11(18)19)1-3-9(15)13-7(5-22-23(20)21)8(14)2-4-10(16)17/h6-7H,1-5,12H2,(H,13,15)(H,16,17)(H,18,19)(H,20,21)/p-1. The Morgan fingerprint density at radius 1 is 1.17 bits per heavy atom. The number of rotatable bonds is 12. The predicted octanol–water partition coefficient (Wildman–Crippen LogP) is -2.09. The van der Waals surface area contributed by atoms with E-state index in [0.29, 0.717) is 0 Å². The maximum absolute atomic E-state index is 11.8. The van der Waals surface area contributed by atoms with Gasteiger partial charge in [-0.3, -0.25) is 23.4 Å². The van der Waals surface area contributed by atoms with E-state index in [9.17, 15) is 27.9 Å². The van der Waals surface area contributed by atoms with Crippen LogP contribution in [0.2, 0.25) is 0 Å². The molecule has 0 rings (SSSR count). The average Bonchev–Trinajstić information content (AvgIpc) is 2.45. The van der Waals surface area contributed by atoms with Gasteiger partial charge in [0.1, 0.15) is 12.1 Å². The lowest BCUT2D eigenvalue weighted by Gasteiger charge is -2.18. The third-order valence-electron chi connectivity index (χ3n) is 2.64. The molecule has 0 aromatic heterocycles. The lowest BCUT2D eigenvalue weighted by molar-refractivity contribution is -0.139. The summed E-state index contributed by atoms with van der Waals surface area (Å²) in [5.74, 6) is -3.99. The van der Waals surface area contributed by atoms with Crippen molar-refractivity contribution in [3.63, 3.8) is 0 Å². The van der Waals surface area contributed by atoms with Gasteiger partial charge in [-0.05, 0) is 6.42 Å². The topological polar surface area (TPSA) is 196 Å². The Bertz CT molecular complexity index is 482. The van der Waals surface area contributed by atoms with E-state index in [4.69, 9.17) is 15.9 Å². The molecule has 23 heavy (non-hydrogen) atoms. The number of amides is 1. The van der Waals surface area contributed by atoms with Gasteiger partial charge in [0, 0.05) is 12.8 Å². The Labute approximate surface area is 133 Å². The number of hydrogen-bond acceptors (Lipinski definition) is 8. The van der Waals surface area contributed by atoms with E-state index in [1.54, 1.807) is 0 Å². The van der Waals surface area contributed by atoms with Crippen molar-refractivity contribution in [1.29, 1.82) is 0 Å². The summed E-state index contributed by atoms with van der Waals surface area (Å²) in [4.78, 5) is 44.3. The normalized spacial score (nSPS) is 14.5. The Kier molecular flexibility index (Phi) is 9.89. The summed E-state index contributed by atoms with van der Waals surface area (Å²) >= 11 is -2.92. The van der Waals surface area contributed by atoms with Crippen LogP contribution in [0, 0.1) is 0 Å². The zero-order valence-corrected chi connectivity index (χ0v) is 12.7. The fourth-order valence-corrected chi connectivity index (χ4v) is 1.67. The van der Waals surface area contributed by atoms with Crippen molar-refractivity contribution >= 4 is 35.0 Å². The number of Topliss-reactive ketones (excluding diaryl/α,β-unsaturated/α-hetero) is 1. The molecule has 3 unspecified atom stereocenters. The second-order valence-electron chi connectivity index (χ2n) is 4.45. The summed E-state index contributed by atoms with van der Waals surface area (Å²) in [6.45, 7) is -0.689. The van der Waals surface area contributed by atoms with E-state index in [1.807, 2.05) is 0 Å². The monoisotopic (exact) mass is 353 g/mol. The van der Waals surface area contributed by atoms with Gasteiger partial charge in [-0.15, -0.1) is 0 Å². The third kappa shape index (κ3) is 10.5. The second-order valence-corrected chi connectivity index (χ2v) is 5.10. The van der Waals surface area contributed by atoms with E-state index in [2.05, 4.69) is 9.50 Å². The fraction of sp³-hybridized carbons (Fsp3) is 0.636. The van der Waals surface area contributed by atoms with Gasteiger partial charge in [-0.2, -0.15) is 0 Å².